The molecule has 1 heterocycles. The molecule has 2 aromatic carbocycles. The van der Waals surface area contributed by atoms with E-state index in [1.807, 2.05) is 48.9 Å². The van der Waals surface area contributed by atoms with Gasteiger partial charge in [-0.25, -0.2) is 0 Å². The van der Waals surface area contributed by atoms with Gasteiger partial charge < -0.3 is 5.32 Å². The number of amides is 1. The van der Waals surface area contributed by atoms with Gasteiger partial charge in [-0.15, -0.1) is 0 Å². The molecule has 6 heteroatoms. The number of carbonyl (C=O) groups is 1. The Labute approximate surface area is 156 Å². The van der Waals surface area contributed by atoms with Crippen molar-refractivity contribution in [3.8, 4) is 0 Å². The number of nitrogens with one attached hydrogen (secondary N) is 1. The van der Waals surface area contributed by atoms with Gasteiger partial charge in [0.15, 0.2) is 0 Å². The summed E-state index contributed by atoms with van der Waals surface area (Å²) < 4.78 is 1.84. The van der Waals surface area contributed by atoms with E-state index in [9.17, 15) is 4.79 Å². The lowest BCUT2D eigenvalue weighted by atomic mass is 10.1. The Kier molecular flexibility index (Phi) is 5.11. The molecule has 0 saturated heterocycles. The third-order valence-corrected chi connectivity index (χ3v) is 4.70. The number of aryl methyl sites for hydroxylation is 1. The molecular formula is C19H17Cl2N3O. The van der Waals surface area contributed by atoms with Gasteiger partial charge in [-0.1, -0.05) is 53.5 Å². The van der Waals surface area contributed by atoms with Gasteiger partial charge in [0.25, 0.3) is 5.91 Å². The Balaban J connectivity index is 1.84. The highest BCUT2D eigenvalue weighted by Crippen LogP contribution is 2.26. The molecule has 25 heavy (non-hydrogen) atoms. The van der Waals surface area contributed by atoms with Crippen LogP contribution in [0.15, 0.2) is 48.5 Å². The zero-order valence-corrected chi connectivity index (χ0v) is 15.4. The van der Waals surface area contributed by atoms with Crippen LogP contribution in [0.2, 0.25) is 10.0 Å². The summed E-state index contributed by atoms with van der Waals surface area (Å²) in [7, 11) is 0. The van der Waals surface area contributed by atoms with Crippen molar-refractivity contribution in [2.24, 2.45) is 0 Å². The van der Waals surface area contributed by atoms with Gasteiger partial charge in [0, 0.05) is 11.4 Å². The molecule has 3 aromatic rings. The molecule has 1 amide bonds. The fraction of sp³-hybridized carbons (Fsp3) is 0.158. The quantitative estimate of drug-likeness (QED) is 0.690. The third kappa shape index (κ3) is 3.86. The van der Waals surface area contributed by atoms with Crippen LogP contribution in [0.5, 0.6) is 0 Å². The van der Waals surface area contributed by atoms with Gasteiger partial charge >= 0.3 is 0 Å². The van der Waals surface area contributed by atoms with Crippen LogP contribution in [-0.4, -0.2) is 15.7 Å². The number of hydrogen-bond donors (Lipinski definition) is 1. The van der Waals surface area contributed by atoms with Crippen LogP contribution in [0.4, 0.5) is 5.69 Å². The standard InChI is InChI=1S/C19H17Cl2N3O/c1-12-18(19(25)22-15-8-9-16(20)17(21)10-15)13(2)24(23-12)11-14-6-4-3-5-7-14/h3-10H,11H2,1-2H3,(H,22,25). The van der Waals surface area contributed by atoms with Gasteiger partial charge in [-0.05, 0) is 37.6 Å². The lowest BCUT2D eigenvalue weighted by Gasteiger charge is -2.08. The Hall–Kier alpha value is -2.30. The molecule has 0 radical (unpaired) electrons. The summed E-state index contributed by atoms with van der Waals surface area (Å²) in [6, 6.07) is 15.0. The van der Waals surface area contributed by atoms with E-state index in [1.54, 1.807) is 18.2 Å². The molecule has 0 fully saturated rings. The topological polar surface area (TPSA) is 46.9 Å². The number of anilines is 1. The average Bonchev–Trinajstić information content (AvgIpc) is 2.86. The van der Waals surface area contributed by atoms with E-state index in [-0.39, 0.29) is 5.91 Å². The molecule has 1 aromatic heterocycles. The number of halogens is 2. The minimum Gasteiger partial charge on any atom is -0.322 e. The molecule has 1 N–H and O–H groups in total. The monoisotopic (exact) mass is 373 g/mol. The van der Waals surface area contributed by atoms with Crippen LogP contribution >= 0.6 is 23.2 Å². The second kappa shape index (κ2) is 7.30. The Morgan fingerprint density at radius 2 is 1.80 bits per heavy atom. The lowest BCUT2D eigenvalue weighted by molar-refractivity contribution is 0.102. The minimum atomic E-state index is -0.215. The predicted molar refractivity (Wildman–Crippen MR) is 102 cm³/mol. The minimum absolute atomic E-state index is 0.215. The maximum Gasteiger partial charge on any atom is 0.259 e. The van der Waals surface area contributed by atoms with E-state index in [1.165, 1.54) is 0 Å². The van der Waals surface area contributed by atoms with E-state index in [4.69, 9.17) is 23.2 Å². The van der Waals surface area contributed by atoms with Crippen molar-refractivity contribution in [3.63, 3.8) is 0 Å². The molecule has 3 rings (SSSR count). The summed E-state index contributed by atoms with van der Waals surface area (Å²) >= 11 is 11.9. The molecule has 0 aliphatic rings. The second-order valence-electron chi connectivity index (χ2n) is 5.77. The highest BCUT2D eigenvalue weighted by atomic mass is 35.5. The summed E-state index contributed by atoms with van der Waals surface area (Å²) in [6.45, 7) is 4.35. The summed E-state index contributed by atoms with van der Waals surface area (Å²) in [4.78, 5) is 12.7. The number of hydrogen-bond acceptors (Lipinski definition) is 2. The Morgan fingerprint density at radius 3 is 2.48 bits per heavy atom. The van der Waals surface area contributed by atoms with Crippen LogP contribution in [0.3, 0.4) is 0 Å². The predicted octanol–water partition coefficient (Wildman–Crippen LogP) is 5.11. The molecule has 0 bridgehead atoms. The van der Waals surface area contributed by atoms with Gasteiger partial charge in [-0.3, -0.25) is 9.48 Å². The maximum atomic E-state index is 12.7. The number of rotatable bonds is 4. The lowest BCUT2D eigenvalue weighted by Crippen LogP contribution is -2.14. The molecule has 0 unspecified atom stereocenters. The zero-order chi connectivity index (χ0) is 18.0. The van der Waals surface area contributed by atoms with Gasteiger partial charge in [0.05, 0.1) is 27.8 Å². The van der Waals surface area contributed by atoms with Crippen molar-refractivity contribution >= 4 is 34.8 Å². The summed E-state index contributed by atoms with van der Waals surface area (Å²) in [5.41, 5.74) is 3.80. The fourth-order valence-corrected chi connectivity index (χ4v) is 3.00. The van der Waals surface area contributed by atoms with Crippen LogP contribution < -0.4 is 5.32 Å². The first-order chi connectivity index (χ1) is 12.0. The van der Waals surface area contributed by atoms with Crippen molar-refractivity contribution in [1.82, 2.24) is 9.78 Å². The highest BCUT2D eigenvalue weighted by molar-refractivity contribution is 6.42. The van der Waals surface area contributed by atoms with Crippen molar-refractivity contribution in [2.75, 3.05) is 5.32 Å². The number of nitrogens with zero attached hydrogens (tertiary/aromatic N) is 2. The van der Waals surface area contributed by atoms with E-state index in [2.05, 4.69) is 10.4 Å². The number of aromatic nitrogens is 2. The van der Waals surface area contributed by atoms with E-state index >= 15 is 0 Å². The molecule has 0 aliphatic heterocycles. The summed E-state index contributed by atoms with van der Waals surface area (Å²) in [5, 5.41) is 8.20. The first kappa shape index (κ1) is 17.5. The number of benzene rings is 2. The highest BCUT2D eigenvalue weighted by Gasteiger charge is 2.19. The van der Waals surface area contributed by atoms with Crippen molar-refractivity contribution < 1.29 is 4.79 Å². The van der Waals surface area contributed by atoms with Crippen molar-refractivity contribution in [2.45, 2.75) is 20.4 Å². The van der Waals surface area contributed by atoms with Crippen LogP contribution in [0, 0.1) is 13.8 Å². The van der Waals surface area contributed by atoms with Crippen LogP contribution in [0.1, 0.15) is 27.3 Å². The largest absolute Gasteiger partial charge is 0.322 e. The van der Waals surface area contributed by atoms with E-state index < -0.39 is 0 Å². The Bertz CT molecular complexity index is 920. The van der Waals surface area contributed by atoms with Gasteiger partial charge in [-0.2, -0.15) is 5.10 Å². The van der Waals surface area contributed by atoms with Crippen molar-refractivity contribution in [1.29, 1.82) is 0 Å². The zero-order valence-electron chi connectivity index (χ0n) is 13.9. The average molecular weight is 374 g/mol. The smallest absolute Gasteiger partial charge is 0.259 e. The summed E-state index contributed by atoms with van der Waals surface area (Å²) in [5.74, 6) is -0.215. The first-order valence-corrected chi connectivity index (χ1v) is 8.55. The SMILES string of the molecule is Cc1nn(Cc2ccccc2)c(C)c1C(=O)Nc1ccc(Cl)c(Cl)c1. The third-order valence-electron chi connectivity index (χ3n) is 3.96. The molecule has 0 saturated carbocycles. The van der Waals surface area contributed by atoms with Crippen LogP contribution in [0.25, 0.3) is 0 Å². The fourth-order valence-electron chi connectivity index (χ4n) is 2.70. The molecular weight excluding hydrogens is 357 g/mol. The Morgan fingerprint density at radius 1 is 1.08 bits per heavy atom. The molecule has 0 spiro atoms. The molecule has 0 atom stereocenters. The molecule has 0 aliphatic carbocycles. The van der Waals surface area contributed by atoms with Crippen LogP contribution in [-0.2, 0) is 6.54 Å². The second-order valence-corrected chi connectivity index (χ2v) is 6.59. The van der Waals surface area contributed by atoms with E-state index in [0.29, 0.717) is 33.5 Å². The normalized spacial score (nSPS) is 10.7. The molecule has 128 valence electrons. The van der Waals surface area contributed by atoms with Gasteiger partial charge in [0.2, 0.25) is 0 Å². The maximum absolute atomic E-state index is 12.7. The first-order valence-electron chi connectivity index (χ1n) is 7.80. The van der Waals surface area contributed by atoms with Gasteiger partial charge in [0.1, 0.15) is 0 Å². The van der Waals surface area contributed by atoms with E-state index in [0.717, 1.165) is 11.3 Å². The summed E-state index contributed by atoms with van der Waals surface area (Å²) in [6.07, 6.45) is 0. The number of carbonyl (C=O) groups excluding carboxylic acids is 1. The van der Waals surface area contributed by atoms with Crippen molar-refractivity contribution in [3.05, 3.63) is 81.1 Å². The molecule has 4 nitrogen and oxygen atoms in total.